The average molecular weight is 378 g/mol. The molecule has 0 radical (unpaired) electrons. The lowest BCUT2D eigenvalue weighted by atomic mass is 10.0. The van der Waals surface area contributed by atoms with Gasteiger partial charge in [0.25, 0.3) is 0 Å². The molecule has 1 N–H and O–H groups in total. The van der Waals surface area contributed by atoms with Gasteiger partial charge in [-0.3, -0.25) is 9.10 Å². The maximum atomic E-state index is 13.2. The van der Waals surface area contributed by atoms with Crippen LogP contribution in [0.25, 0.3) is 0 Å². The van der Waals surface area contributed by atoms with Crippen LogP contribution >= 0.6 is 0 Å². The van der Waals surface area contributed by atoms with Gasteiger partial charge in [0.1, 0.15) is 11.9 Å². The van der Waals surface area contributed by atoms with Crippen molar-refractivity contribution >= 4 is 27.3 Å². The standard InChI is InChI=1S/C19H23FN2O3S/c1-13(2)17-7-5-6-8-18(17)21-19(23)14(3)22(26(4,24)25)16-11-9-15(20)10-12-16/h5-14H,1-4H3,(H,21,23)/t14-/m1/s1. The average Bonchev–Trinajstić information content (AvgIpc) is 2.55. The summed E-state index contributed by atoms with van der Waals surface area (Å²) in [6, 6.07) is 11.4. The van der Waals surface area contributed by atoms with Crippen LogP contribution in [0.4, 0.5) is 15.8 Å². The number of amides is 1. The molecule has 2 aromatic carbocycles. The fourth-order valence-corrected chi connectivity index (χ4v) is 3.92. The summed E-state index contributed by atoms with van der Waals surface area (Å²) in [6.07, 6.45) is 1.02. The molecule has 0 aliphatic carbocycles. The van der Waals surface area contributed by atoms with Gasteiger partial charge in [0.2, 0.25) is 15.9 Å². The highest BCUT2D eigenvalue weighted by atomic mass is 32.2. The Morgan fingerprint density at radius 2 is 1.62 bits per heavy atom. The first-order valence-corrected chi connectivity index (χ1v) is 10.1. The first-order chi connectivity index (χ1) is 12.1. The van der Waals surface area contributed by atoms with E-state index in [2.05, 4.69) is 5.32 Å². The van der Waals surface area contributed by atoms with Crippen LogP contribution in [-0.4, -0.2) is 26.6 Å². The van der Waals surface area contributed by atoms with Gasteiger partial charge in [-0.25, -0.2) is 12.8 Å². The van der Waals surface area contributed by atoms with Crippen LogP contribution in [0.5, 0.6) is 0 Å². The van der Waals surface area contributed by atoms with Crippen molar-refractivity contribution in [3.63, 3.8) is 0 Å². The van der Waals surface area contributed by atoms with Gasteiger partial charge in [0.05, 0.1) is 11.9 Å². The zero-order valence-corrected chi connectivity index (χ0v) is 16.0. The summed E-state index contributed by atoms with van der Waals surface area (Å²) < 4.78 is 38.6. The smallest absolute Gasteiger partial charge is 0.248 e. The predicted molar refractivity (Wildman–Crippen MR) is 102 cm³/mol. The molecule has 0 aliphatic rings. The molecular formula is C19H23FN2O3S. The van der Waals surface area contributed by atoms with E-state index in [1.54, 1.807) is 12.1 Å². The fourth-order valence-electron chi connectivity index (χ4n) is 2.75. The summed E-state index contributed by atoms with van der Waals surface area (Å²) in [5.41, 5.74) is 1.83. The number of hydrogen-bond donors (Lipinski definition) is 1. The van der Waals surface area contributed by atoms with Crippen molar-refractivity contribution in [2.75, 3.05) is 15.9 Å². The monoisotopic (exact) mass is 378 g/mol. The van der Waals surface area contributed by atoms with Crippen LogP contribution in [0.15, 0.2) is 48.5 Å². The summed E-state index contributed by atoms with van der Waals surface area (Å²) in [4.78, 5) is 12.7. The largest absolute Gasteiger partial charge is 0.324 e. The SMILES string of the molecule is CC(C)c1ccccc1NC(=O)[C@@H](C)N(c1ccc(F)cc1)S(C)(=O)=O. The minimum absolute atomic E-state index is 0.199. The Labute approximate surface area is 153 Å². The lowest BCUT2D eigenvalue weighted by Crippen LogP contribution is -2.45. The van der Waals surface area contributed by atoms with Crippen molar-refractivity contribution in [3.05, 3.63) is 59.9 Å². The molecule has 5 nitrogen and oxygen atoms in total. The third-order valence-corrected chi connectivity index (χ3v) is 5.25. The Kier molecular flexibility index (Phi) is 6.02. The predicted octanol–water partition coefficient (Wildman–Crippen LogP) is 3.74. The van der Waals surface area contributed by atoms with Gasteiger partial charge in [-0.05, 0) is 48.7 Å². The topological polar surface area (TPSA) is 66.5 Å². The van der Waals surface area contributed by atoms with E-state index in [0.717, 1.165) is 28.3 Å². The lowest BCUT2D eigenvalue weighted by molar-refractivity contribution is -0.116. The van der Waals surface area contributed by atoms with Crippen molar-refractivity contribution in [2.24, 2.45) is 0 Å². The molecule has 1 atom stereocenters. The van der Waals surface area contributed by atoms with Crippen molar-refractivity contribution in [2.45, 2.75) is 32.7 Å². The number of carbonyl (C=O) groups excluding carboxylic acids is 1. The summed E-state index contributed by atoms with van der Waals surface area (Å²) >= 11 is 0. The minimum atomic E-state index is -3.74. The number of halogens is 1. The molecule has 2 aromatic rings. The zero-order chi connectivity index (χ0) is 19.5. The maximum absolute atomic E-state index is 13.2. The van der Waals surface area contributed by atoms with Crippen molar-refractivity contribution in [3.8, 4) is 0 Å². The molecule has 0 bridgehead atoms. The van der Waals surface area contributed by atoms with Crippen LogP contribution in [0.1, 0.15) is 32.3 Å². The van der Waals surface area contributed by atoms with Gasteiger partial charge in [0, 0.05) is 5.69 Å². The summed E-state index contributed by atoms with van der Waals surface area (Å²) in [6.45, 7) is 5.52. The van der Waals surface area contributed by atoms with Gasteiger partial charge in [-0.2, -0.15) is 0 Å². The van der Waals surface area contributed by atoms with E-state index in [4.69, 9.17) is 0 Å². The Hall–Kier alpha value is -2.41. The Bertz CT molecular complexity index is 880. The highest BCUT2D eigenvalue weighted by Crippen LogP contribution is 2.25. The Balaban J connectivity index is 2.33. The number of anilines is 2. The van der Waals surface area contributed by atoms with Gasteiger partial charge < -0.3 is 5.32 Å². The van der Waals surface area contributed by atoms with Crippen LogP contribution in [0.3, 0.4) is 0 Å². The number of nitrogens with zero attached hydrogens (tertiary/aromatic N) is 1. The zero-order valence-electron chi connectivity index (χ0n) is 15.2. The van der Waals surface area contributed by atoms with Crippen molar-refractivity contribution in [1.82, 2.24) is 0 Å². The molecular weight excluding hydrogens is 355 g/mol. The number of nitrogens with one attached hydrogen (secondary N) is 1. The molecule has 140 valence electrons. The van der Waals surface area contributed by atoms with E-state index in [0.29, 0.717) is 5.69 Å². The number of rotatable bonds is 6. The van der Waals surface area contributed by atoms with Crippen molar-refractivity contribution in [1.29, 1.82) is 0 Å². The molecule has 0 spiro atoms. The molecule has 0 aliphatic heterocycles. The Morgan fingerprint density at radius 1 is 1.04 bits per heavy atom. The van der Waals surface area contributed by atoms with Crippen LogP contribution in [-0.2, 0) is 14.8 Å². The quantitative estimate of drug-likeness (QED) is 0.833. The van der Waals surface area contributed by atoms with Crippen LogP contribution < -0.4 is 9.62 Å². The van der Waals surface area contributed by atoms with Gasteiger partial charge in [-0.1, -0.05) is 32.0 Å². The molecule has 1 amide bonds. The first kappa shape index (κ1) is 19.9. The van der Waals surface area contributed by atoms with Gasteiger partial charge in [-0.15, -0.1) is 0 Å². The molecule has 0 unspecified atom stereocenters. The molecule has 0 aromatic heterocycles. The van der Waals surface area contributed by atoms with E-state index < -0.39 is 27.8 Å². The number of sulfonamides is 1. The van der Waals surface area contributed by atoms with E-state index in [-0.39, 0.29) is 11.6 Å². The third-order valence-electron chi connectivity index (χ3n) is 4.01. The highest BCUT2D eigenvalue weighted by Gasteiger charge is 2.29. The van der Waals surface area contributed by atoms with Crippen LogP contribution in [0, 0.1) is 5.82 Å². The highest BCUT2D eigenvalue weighted by molar-refractivity contribution is 7.92. The molecule has 26 heavy (non-hydrogen) atoms. The van der Waals surface area contributed by atoms with E-state index in [1.807, 2.05) is 26.0 Å². The van der Waals surface area contributed by atoms with E-state index in [9.17, 15) is 17.6 Å². The molecule has 0 fully saturated rings. The number of benzene rings is 2. The molecule has 0 saturated carbocycles. The van der Waals surface area contributed by atoms with E-state index in [1.165, 1.54) is 19.1 Å². The third kappa shape index (κ3) is 4.60. The second-order valence-electron chi connectivity index (χ2n) is 6.44. The van der Waals surface area contributed by atoms with E-state index >= 15 is 0 Å². The summed E-state index contributed by atoms with van der Waals surface area (Å²) in [7, 11) is -3.74. The second kappa shape index (κ2) is 7.86. The molecule has 0 heterocycles. The lowest BCUT2D eigenvalue weighted by Gasteiger charge is -2.28. The summed E-state index contributed by atoms with van der Waals surface area (Å²) in [5, 5.41) is 2.81. The number of hydrogen-bond acceptors (Lipinski definition) is 3. The number of para-hydroxylation sites is 1. The Morgan fingerprint density at radius 3 is 2.15 bits per heavy atom. The normalized spacial score (nSPS) is 12.7. The van der Waals surface area contributed by atoms with Crippen molar-refractivity contribution < 1.29 is 17.6 Å². The fraction of sp³-hybridized carbons (Fsp3) is 0.316. The summed E-state index contributed by atoms with van der Waals surface area (Å²) in [5.74, 6) is -0.747. The first-order valence-electron chi connectivity index (χ1n) is 8.26. The van der Waals surface area contributed by atoms with Crippen LogP contribution in [0.2, 0.25) is 0 Å². The second-order valence-corrected chi connectivity index (χ2v) is 8.30. The molecule has 0 saturated heterocycles. The molecule has 7 heteroatoms. The maximum Gasteiger partial charge on any atom is 0.248 e. The molecule has 2 rings (SSSR count). The van der Waals surface area contributed by atoms with Gasteiger partial charge >= 0.3 is 0 Å². The van der Waals surface area contributed by atoms with Gasteiger partial charge in [0.15, 0.2) is 0 Å². The minimum Gasteiger partial charge on any atom is -0.324 e. The number of carbonyl (C=O) groups is 1.